The highest BCUT2D eigenvalue weighted by Crippen LogP contribution is 2.45. The number of nitrogens with zero attached hydrogens (tertiary/aromatic N) is 1. The highest BCUT2D eigenvalue weighted by atomic mass is 14.7. The number of rotatable bonds is 5. The molecule has 272 valence electrons. The third-order valence-electron chi connectivity index (χ3n) is 11.1. The van der Waals surface area contributed by atoms with Gasteiger partial charge in [-0.1, -0.05) is 188 Å². The fourth-order valence-corrected chi connectivity index (χ4v) is 8.04. The van der Waals surface area contributed by atoms with Crippen LogP contribution < -0.4 is 0 Å². The van der Waals surface area contributed by atoms with Gasteiger partial charge in [0.05, 0.1) is 5.69 Å². The molecule has 0 spiro atoms. The highest BCUT2D eigenvalue weighted by Gasteiger charge is 2.18. The predicted octanol–water partition coefficient (Wildman–Crippen LogP) is 15.7. The van der Waals surface area contributed by atoms with Gasteiger partial charge in [0.1, 0.15) is 0 Å². The molecule has 0 aliphatic heterocycles. The van der Waals surface area contributed by atoms with E-state index >= 15 is 0 Å². The molecule has 10 aromatic carbocycles. The summed E-state index contributed by atoms with van der Waals surface area (Å²) in [4.78, 5) is 4.94. The van der Waals surface area contributed by atoms with E-state index in [2.05, 4.69) is 203 Å². The molecule has 0 radical (unpaired) electrons. The summed E-state index contributed by atoms with van der Waals surface area (Å²) in [5.74, 6) is 0. The average molecular weight is 730 g/mol. The Kier molecular flexibility index (Phi) is 9.73. The van der Waals surface area contributed by atoms with E-state index in [9.17, 15) is 0 Å². The summed E-state index contributed by atoms with van der Waals surface area (Å²) in [7, 11) is 0. The molecule has 0 aromatic heterocycles. The molecule has 57 heavy (non-hydrogen) atoms. The van der Waals surface area contributed by atoms with Crippen LogP contribution in [0.5, 0.6) is 0 Å². The van der Waals surface area contributed by atoms with Crippen LogP contribution in [0.25, 0.3) is 76.5 Å². The zero-order valence-electron chi connectivity index (χ0n) is 32.6. The van der Waals surface area contributed by atoms with Crippen LogP contribution in [0.1, 0.15) is 23.6 Å². The summed E-state index contributed by atoms with van der Waals surface area (Å²) in [6, 6.07) is 74.4. The second kappa shape index (κ2) is 15.6. The van der Waals surface area contributed by atoms with Crippen LogP contribution in [-0.2, 0) is 0 Å². The molecule has 0 heterocycles. The van der Waals surface area contributed by atoms with E-state index < -0.39 is 0 Å². The van der Waals surface area contributed by atoms with Gasteiger partial charge in [-0.15, -0.1) is 0 Å². The van der Waals surface area contributed by atoms with Crippen molar-refractivity contribution in [3.05, 3.63) is 223 Å². The molecular formula is C56H43N. The van der Waals surface area contributed by atoms with Crippen molar-refractivity contribution < 1.29 is 0 Å². The van der Waals surface area contributed by atoms with Gasteiger partial charge >= 0.3 is 0 Å². The first-order valence-electron chi connectivity index (χ1n) is 19.7. The van der Waals surface area contributed by atoms with Gasteiger partial charge in [0, 0.05) is 5.71 Å². The van der Waals surface area contributed by atoms with Crippen LogP contribution in [0.15, 0.2) is 211 Å². The van der Waals surface area contributed by atoms with Crippen LogP contribution in [0.3, 0.4) is 0 Å². The van der Waals surface area contributed by atoms with Crippen LogP contribution in [0.4, 0.5) is 5.69 Å². The van der Waals surface area contributed by atoms with Crippen molar-refractivity contribution in [2.45, 2.75) is 20.8 Å². The quantitative estimate of drug-likeness (QED) is 0.124. The molecule has 0 amide bonds. The Morgan fingerprint density at radius 3 is 1.40 bits per heavy atom. The minimum Gasteiger partial charge on any atom is -0.253 e. The SMILES string of the molecule is CC(=Nc1ccccc1C)c1ccc(-c2ccc3c(-c4ccc5ccccc5c4)c4ccccc4c(-c4ccc5ccccc5c4)c3c2)cc1.Cc1ccccc1. The third-order valence-corrected chi connectivity index (χ3v) is 11.1. The zero-order valence-corrected chi connectivity index (χ0v) is 32.6. The number of para-hydroxylation sites is 1. The second-order valence-corrected chi connectivity index (χ2v) is 14.9. The summed E-state index contributed by atoms with van der Waals surface area (Å²) in [6.07, 6.45) is 0. The van der Waals surface area contributed by atoms with Crippen LogP contribution in [-0.4, -0.2) is 5.71 Å². The average Bonchev–Trinajstić information content (AvgIpc) is 3.26. The molecule has 10 aromatic rings. The van der Waals surface area contributed by atoms with Gasteiger partial charge < -0.3 is 0 Å². The number of hydrogen-bond donors (Lipinski definition) is 0. The number of hydrogen-bond acceptors (Lipinski definition) is 1. The Balaban J connectivity index is 0.000000548. The van der Waals surface area contributed by atoms with E-state index in [4.69, 9.17) is 4.99 Å². The van der Waals surface area contributed by atoms with E-state index in [0.29, 0.717) is 0 Å². The van der Waals surface area contributed by atoms with Crippen molar-refractivity contribution in [3.8, 4) is 33.4 Å². The number of fused-ring (bicyclic) bond motifs is 4. The van der Waals surface area contributed by atoms with Gasteiger partial charge in [0.25, 0.3) is 0 Å². The topological polar surface area (TPSA) is 12.4 Å². The number of aliphatic imine (C=N–C) groups is 1. The summed E-state index contributed by atoms with van der Waals surface area (Å²) in [5, 5.41) is 10.0. The van der Waals surface area contributed by atoms with Crippen molar-refractivity contribution in [3.63, 3.8) is 0 Å². The smallest absolute Gasteiger partial charge is 0.0662 e. The standard InChI is InChI=1S/C49H35N.C7H8/c1-32-11-3-10-18-47(32)50-33(2)34-19-21-37(22-20-34)40-27-28-45-46(31-40)49(42-26-24-36-13-5-7-15-39(36)30-42)44-17-9-8-16-43(44)48(45)41-25-23-35-12-4-6-14-38(35)29-41;1-7-5-3-2-4-6-7/h3-31H,1-2H3;2-6H,1H3. The van der Waals surface area contributed by atoms with Crippen molar-refractivity contribution in [2.75, 3.05) is 0 Å². The van der Waals surface area contributed by atoms with Crippen molar-refractivity contribution in [1.29, 1.82) is 0 Å². The Labute approximate surface area is 335 Å². The first-order chi connectivity index (χ1) is 28.0. The lowest BCUT2D eigenvalue weighted by Gasteiger charge is -2.19. The van der Waals surface area contributed by atoms with Gasteiger partial charge in [-0.2, -0.15) is 0 Å². The number of aryl methyl sites for hydroxylation is 2. The van der Waals surface area contributed by atoms with Crippen LogP contribution >= 0.6 is 0 Å². The van der Waals surface area contributed by atoms with Gasteiger partial charge in [0.15, 0.2) is 0 Å². The first-order valence-corrected chi connectivity index (χ1v) is 19.7. The lowest BCUT2D eigenvalue weighted by atomic mass is 9.84. The molecule has 0 aliphatic rings. The lowest BCUT2D eigenvalue weighted by Crippen LogP contribution is -1.94. The number of benzene rings is 10. The van der Waals surface area contributed by atoms with Crippen molar-refractivity contribution >= 4 is 54.5 Å². The highest BCUT2D eigenvalue weighted by molar-refractivity contribution is 6.22. The Bertz CT molecular complexity index is 3080. The second-order valence-electron chi connectivity index (χ2n) is 14.9. The Hall–Kier alpha value is -7.09. The van der Waals surface area contributed by atoms with Crippen LogP contribution in [0, 0.1) is 13.8 Å². The third kappa shape index (κ3) is 7.24. The monoisotopic (exact) mass is 729 g/mol. The van der Waals surface area contributed by atoms with Gasteiger partial charge in [-0.3, -0.25) is 4.99 Å². The fourth-order valence-electron chi connectivity index (χ4n) is 8.04. The molecule has 0 saturated heterocycles. The molecule has 1 heteroatoms. The maximum Gasteiger partial charge on any atom is 0.0662 e. The summed E-state index contributed by atoms with van der Waals surface area (Å²) in [5.41, 5.74) is 13.0. The van der Waals surface area contributed by atoms with E-state index in [0.717, 1.165) is 17.0 Å². The fraction of sp³-hybridized carbons (Fsp3) is 0.0536. The summed E-state index contributed by atoms with van der Waals surface area (Å²) >= 11 is 0. The van der Waals surface area contributed by atoms with Gasteiger partial charge in [0.2, 0.25) is 0 Å². The van der Waals surface area contributed by atoms with Gasteiger partial charge in [-0.25, -0.2) is 0 Å². The molecule has 0 aliphatic carbocycles. The predicted molar refractivity (Wildman–Crippen MR) is 247 cm³/mol. The maximum absolute atomic E-state index is 4.94. The summed E-state index contributed by atoms with van der Waals surface area (Å²) in [6.45, 7) is 6.28. The van der Waals surface area contributed by atoms with Crippen molar-refractivity contribution in [1.82, 2.24) is 0 Å². The first kappa shape index (κ1) is 35.6. The maximum atomic E-state index is 4.94. The van der Waals surface area contributed by atoms with E-state index in [1.807, 2.05) is 24.3 Å². The minimum absolute atomic E-state index is 1.01. The van der Waals surface area contributed by atoms with E-state index in [-0.39, 0.29) is 0 Å². The molecule has 0 N–H and O–H groups in total. The normalized spacial score (nSPS) is 11.5. The molecule has 0 saturated carbocycles. The molecule has 10 rings (SSSR count). The van der Waals surface area contributed by atoms with E-state index in [1.54, 1.807) is 0 Å². The molecule has 1 nitrogen and oxygen atoms in total. The molecule has 0 unspecified atom stereocenters. The molecular weight excluding hydrogens is 687 g/mol. The minimum atomic E-state index is 1.01. The summed E-state index contributed by atoms with van der Waals surface area (Å²) < 4.78 is 0. The van der Waals surface area contributed by atoms with Gasteiger partial charge in [-0.05, 0) is 133 Å². The molecule has 0 atom stereocenters. The van der Waals surface area contributed by atoms with Crippen LogP contribution in [0.2, 0.25) is 0 Å². The Morgan fingerprint density at radius 2 is 0.825 bits per heavy atom. The molecule has 0 bridgehead atoms. The van der Waals surface area contributed by atoms with E-state index in [1.165, 1.54) is 87.6 Å². The molecule has 0 fully saturated rings. The largest absolute Gasteiger partial charge is 0.253 e. The lowest BCUT2D eigenvalue weighted by molar-refractivity contribution is 1.38. The Morgan fingerprint density at radius 1 is 0.351 bits per heavy atom. The van der Waals surface area contributed by atoms with Crippen molar-refractivity contribution in [2.24, 2.45) is 4.99 Å². The zero-order chi connectivity index (χ0) is 38.7.